The standard InChI is InChI=1S/C10H16ClN3/c1-3-5-14(6-4-11)10-7-9(2)12-8-13-10/h7-8H,3-6H2,1-2H3. The topological polar surface area (TPSA) is 29.0 Å². The summed E-state index contributed by atoms with van der Waals surface area (Å²) < 4.78 is 0. The number of alkyl halides is 1. The molecule has 0 fully saturated rings. The first-order valence-electron chi connectivity index (χ1n) is 4.87. The lowest BCUT2D eigenvalue weighted by Gasteiger charge is -2.21. The van der Waals surface area contributed by atoms with Crippen molar-refractivity contribution in [2.24, 2.45) is 0 Å². The van der Waals surface area contributed by atoms with E-state index in [2.05, 4.69) is 21.8 Å². The Labute approximate surface area is 90.1 Å². The summed E-state index contributed by atoms with van der Waals surface area (Å²) >= 11 is 5.74. The second kappa shape index (κ2) is 5.81. The number of hydrogen-bond acceptors (Lipinski definition) is 3. The van der Waals surface area contributed by atoms with Crippen molar-refractivity contribution in [2.75, 3.05) is 23.9 Å². The zero-order valence-corrected chi connectivity index (χ0v) is 9.46. The van der Waals surface area contributed by atoms with Crippen LogP contribution in [0.4, 0.5) is 5.82 Å². The van der Waals surface area contributed by atoms with Gasteiger partial charge in [0.25, 0.3) is 0 Å². The minimum absolute atomic E-state index is 0.628. The summed E-state index contributed by atoms with van der Waals surface area (Å²) in [6, 6.07) is 1.99. The molecule has 0 unspecified atom stereocenters. The molecule has 0 aliphatic rings. The summed E-state index contributed by atoms with van der Waals surface area (Å²) in [5.74, 6) is 1.60. The van der Waals surface area contributed by atoms with Gasteiger partial charge < -0.3 is 4.90 Å². The van der Waals surface area contributed by atoms with Crippen LogP contribution in [0.5, 0.6) is 0 Å². The van der Waals surface area contributed by atoms with E-state index in [9.17, 15) is 0 Å². The average Bonchev–Trinajstić information content (AvgIpc) is 2.17. The highest BCUT2D eigenvalue weighted by atomic mass is 35.5. The first kappa shape index (κ1) is 11.2. The molecule has 3 nitrogen and oxygen atoms in total. The van der Waals surface area contributed by atoms with Gasteiger partial charge in [-0.1, -0.05) is 6.92 Å². The number of aryl methyl sites for hydroxylation is 1. The van der Waals surface area contributed by atoms with E-state index < -0.39 is 0 Å². The van der Waals surface area contributed by atoms with Crippen LogP contribution >= 0.6 is 11.6 Å². The first-order valence-corrected chi connectivity index (χ1v) is 5.41. The molecule has 4 heteroatoms. The fourth-order valence-corrected chi connectivity index (χ4v) is 1.53. The molecule has 0 aliphatic heterocycles. The van der Waals surface area contributed by atoms with Crippen molar-refractivity contribution in [1.82, 2.24) is 9.97 Å². The van der Waals surface area contributed by atoms with Gasteiger partial charge in [0.05, 0.1) is 0 Å². The van der Waals surface area contributed by atoms with Gasteiger partial charge in [-0.05, 0) is 13.3 Å². The molecule has 0 amide bonds. The lowest BCUT2D eigenvalue weighted by Crippen LogP contribution is -2.27. The number of halogens is 1. The number of anilines is 1. The fourth-order valence-electron chi connectivity index (χ4n) is 1.33. The van der Waals surface area contributed by atoms with Crippen molar-refractivity contribution in [3.05, 3.63) is 18.1 Å². The molecule has 0 atom stereocenters. The van der Waals surface area contributed by atoms with Crippen LogP contribution in [0.2, 0.25) is 0 Å². The summed E-state index contributed by atoms with van der Waals surface area (Å²) in [7, 11) is 0. The third-order valence-corrected chi connectivity index (χ3v) is 2.13. The Hall–Kier alpha value is -0.830. The molecule has 1 aromatic rings. The molecule has 0 aliphatic carbocycles. The van der Waals surface area contributed by atoms with E-state index in [1.165, 1.54) is 0 Å². The largest absolute Gasteiger partial charge is 0.355 e. The van der Waals surface area contributed by atoms with Crippen molar-refractivity contribution in [3.63, 3.8) is 0 Å². The predicted molar refractivity (Wildman–Crippen MR) is 60.0 cm³/mol. The van der Waals surface area contributed by atoms with E-state index in [-0.39, 0.29) is 0 Å². The molecule has 0 saturated heterocycles. The Kier molecular flexibility index (Phi) is 4.66. The molecule has 0 bridgehead atoms. The maximum atomic E-state index is 5.74. The molecule has 0 radical (unpaired) electrons. The zero-order valence-electron chi connectivity index (χ0n) is 8.70. The minimum Gasteiger partial charge on any atom is -0.355 e. The first-order chi connectivity index (χ1) is 6.77. The van der Waals surface area contributed by atoms with Gasteiger partial charge in [-0.3, -0.25) is 0 Å². The molecule has 0 aromatic carbocycles. The van der Waals surface area contributed by atoms with E-state index in [1.54, 1.807) is 6.33 Å². The van der Waals surface area contributed by atoms with Crippen LogP contribution in [0.3, 0.4) is 0 Å². The maximum absolute atomic E-state index is 5.74. The van der Waals surface area contributed by atoms with Gasteiger partial charge >= 0.3 is 0 Å². The Balaban J connectivity index is 2.75. The molecule has 1 heterocycles. The quantitative estimate of drug-likeness (QED) is 0.703. The molecule has 1 rings (SSSR count). The van der Waals surface area contributed by atoms with E-state index in [0.29, 0.717) is 5.88 Å². The van der Waals surface area contributed by atoms with E-state index in [0.717, 1.165) is 31.0 Å². The fraction of sp³-hybridized carbons (Fsp3) is 0.600. The van der Waals surface area contributed by atoms with Crippen LogP contribution < -0.4 is 4.90 Å². The summed E-state index contributed by atoms with van der Waals surface area (Å²) in [5.41, 5.74) is 0.991. The third-order valence-electron chi connectivity index (χ3n) is 1.96. The molecule has 0 saturated carbocycles. The predicted octanol–water partition coefficient (Wildman–Crippen LogP) is 2.24. The molecule has 0 N–H and O–H groups in total. The Morgan fingerprint density at radius 2 is 2.14 bits per heavy atom. The summed E-state index contributed by atoms with van der Waals surface area (Å²) in [5, 5.41) is 0. The number of hydrogen-bond donors (Lipinski definition) is 0. The highest BCUT2D eigenvalue weighted by Gasteiger charge is 2.05. The molecule has 78 valence electrons. The zero-order chi connectivity index (χ0) is 10.4. The number of nitrogens with zero attached hydrogens (tertiary/aromatic N) is 3. The van der Waals surface area contributed by atoms with Gasteiger partial charge in [-0.25, -0.2) is 9.97 Å². The van der Waals surface area contributed by atoms with Gasteiger partial charge in [-0.15, -0.1) is 11.6 Å². The van der Waals surface area contributed by atoms with Gasteiger partial charge in [-0.2, -0.15) is 0 Å². The van der Waals surface area contributed by atoms with E-state index >= 15 is 0 Å². The van der Waals surface area contributed by atoms with Gasteiger partial charge in [0.2, 0.25) is 0 Å². The molecule has 1 aromatic heterocycles. The van der Waals surface area contributed by atoms with E-state index in [1.807, 2.05) is 13.0 Å². The van der Waals surface area contributed by atoms with Crippen LogP contribution in [-0.2, 0) is 0 Å². The van der Waals surface area contributed by atoms with Crippen LogP contribution in [-0.4, -0.2) is 28.9 Å². The smallest absolute Gasteiger partial charge is 0.132 e. The van der Waals surface area contributed by atoms with Crippen LogP contribution in [0.15, 0.2) is 12.4 Å². The lowest BCUT2D eigenvalue weighted by atomic mass is 10.3. The molecule has 0 spiro atoms. The summed E-state index contributed by atoms with van der Waals surface area (Å²) in [6.45, 7) is 5.94. The Morgan fingerprint density at radius 3 is 2.71 bits per heavy atom. The summed E-state index contributed by atoms with van der Waals surface area (Å²) in [6.07, 6.45) is 2.70. The minimum atomic E-state index is 0.628. The Morgan fingerprint density at radius 1 is 1.36 bits per heavy atom. The van der Waals surface area contributed by atoms with Crippen molar-refractivity contribution in [3.8, 4) is 0 Å². The van der Waals surface area contributed by atoms with Gasteiger partial charge in [0, 0.05) is 30.7 Å². The van der Waals surface area contributed by atoms with Crippen molar-refractivity contribution in [2.45, 2.75) is 20.3 Å². The van der Waals surface area contributed by atoms with Crippen LogP contribution in [0.1, 0.15) is 19.0 Å². The highest BCUT2D eigenvalue weighted by Crippen LogP contribution is 2.10. The number of rotatable bonds is 5. The highest BCUT2D eigenvalue weighted by molar-refractivity contribution is 6.18. The normalized spacial score (nSPS) is 10.2. The summed E-state index contributed by atoms with van der Waals surface area (Å²) in [4.78, 5) is 10.5. The van der Waals surface area contributed by atoms with Gasteiger partial charge in [0.15, 0.2) is 0 Å². The lowest BCUT2D eigenvalue weighted by molar-refractivity contribution is 0.777. The van der Waals surface area contributed by atoms with Crippen molar-refractivity contribution in [1.29, 1.82) is 0 Å². The second-order valence-corrected chi connectivity index (χ2v) is 3.57. The molecular formula is C10H16ClN3. The third kappa shape index (κ3) is 3.14. The molecule has 14 heavy (non-hydrogen) atoms. The number of aromatic nitrogens is 2. The average molecular weight is 214 g/mol. The van der Waals surface area contributed by atoms with Crippen molar-refractivity contribution < 1.29 is 0 Å². The monoisotopic (exact) mass is 213 g/mol. The van der Waals surface area contributed by atoms with Gasteiger partial charge in [0.1, 0.15) is 12.1 Å². The van der Waals surface area contributed by atoms with E-state index in [4.69, 9.17) is 11.6 Å². The maximum Gasteiger partial charge on any atom is 0.132 e. The van der Waals surface area contributed by atoms with Crippen LogP contribution in [0.25, 0.3) is 0 Å². The second-order valence-electron chi connectivity index (χ2n) is 3.19. The Bertz CT molecular complexity index is 272. The molecular weight excluding hydrogens is 198 g/mol. The SMILES string of the molecule is CCCN(CCCl)c1cc(C)ncn1. The van der Waals surface area contributed by atoms with Crippen LogP contribution in [0, 0.1) is 6.92 Å². The van der Waals surface area contributed by atoms with Crippen molar-refractivity contribution >= 4 is 17.4 Å².